The van der Waals surface area contributed by atoms with E-state index in [2.05, 4.69) is 20.9 Å². The standard InChI is InChI=1S/C11H9BrN2O2/c1-8-3-2-4-13-11(8)16-10-5-9(12)6-14(15)7-10/h2-7H,1H3. The Morgan fingerprint density at radius 3 is 2.94 bits per heavy atom. The van der Waals surface area contributed by atoms with Crippen LogP contribution in [-0.4, -0.2) is 4.98 Å². The zero-order valence-electron chi connectivity index (χ0n) is 8.55. The lowest BCUT2D eigenvalue weighted by atomic mass is 10.3. The van der Waals surface area contributed by atoms with Gasteiger partial charge in [-0.2, -0.15) is 4.73 Å². The Morgan fingerprint density at radius 2 is 2.25 bits per heavy atom. The third-order valence-corrected chi connectivity index (χ3v) is 2.39. The van der Waals surface area contributed by atoms with Gasteiger partial charge < -0.3 is 9.94 Å². The Labute approximate surface area is 101 Å². The van der Waals surface area contributed by atoms with Gasteiger partial charge in [0.25, 0.3) is 0 Å². The minimum atomic E-state index is 0.450. The van der Waals surface area contributed by atoms with Crippen LogP contribution in [0, 0.1) is 12.1 Å². The highest BCUT2D eigenvalue weighted by Crippen LogP contribution is 2.23. The van der Waals surface area contributed by atoms with Gasteiger partial charge in [0.15, 0.2) is 11.9 Å². The first kappa shape index (κ1) is 10.9. The fraction of sp³-hybridized carbons (Fsp3) is 0.0909. The summed E-state index contributed by atoms with van der Waals surface area (Å²) in [4.78, 5) is 4.08. The van der Waals surface area contributed by atoms with Crippen LogP contribution in [0.25, 0.3) is 0 Å². The van der Waals surface area contributed by atoms with Crippen molar-refractivity contribution in [1.29, 1.82) is 0 Å². The van der Waals surface area contributed by atoms with Crippen LogP contribution >= 0.6 is 15.9 Å². The van der Waals surface area contributed by atoms with Crippen LogP contribution in [-0.2, 0) is 0 Å². The molecule has 0 aliphatic heterocycles. The number of aromatic nitrogens is 2. The maximum absolute atomic E-state index is 11.2. The molecule has 0 aromatic carbocycles. The molecule has 0 bridgehead atoms. The zero-order chi connectivity index (χ0) is 11.5. The fourth-order valence-corrected chi connectivity index (χ4v) is 1.67. The molecule has 0 aliphatic carbocycles. The van der Waals surface area contributed by atoms with E-state index in [1.807, 2.05) is 19.1 Å². The molecule has 0 unspecified atom stereocenters. The van der Waals surface area contributed by atoms with Crippen LogP contribution in [0.5, 0.6) is 11.6 Å². The molecule has 16 heavy (non-hydrogen) atoms. The highest BCUT2D eigenvalue weighted by atomic mass is 79.9. The van der Waals surface area contributed by atoms with Crippen molar-refractivity contribution in [3.05, 3.63) is 52.0 Å². The van der Waals surface area contributed by atoms with Gasteiger partial charge in [-0.1, -0.05) is 6.07 Å². The largest absolute Gasteiger partial charge is 0.619 e. The van der Waals surface area contributed by atoms with E-state index >= 15 is 0 Å². The average molecular weight is 281 g/mol. The first-order chi connectivity index (χ1) is 7.65. The number of hydrogen-bond donors (Lipinski definition) is 0. The van der Waals surface area contributed by atoms with Gasteiger partial charge in [0.2, 0.25) is 12.1 Å². The number of halogens is 1. The summed E-state index contributed by atoms with van der Waals surface area (Å²) >= 11 is 3.22. The third-order valence-electron chi connectivity index (χ3n) is 1.96. The Hall–Kier alpha value is -1.62. The maximum atomic E-state index is 11.2. The lowest BCUT2D eigenvalue weighted by Crippen LogP contribution is -2.24. The molecule has 0 atom stereocenters. The monoisotopic (exact) mass is 280 g/mol. The van der Waals surface area contributed by atoms with E-state index < -0.39 is 0 Å². The molecular formula is C11H9BrN2O2. The molecule has 2 rings (SSSR count). The zero-order valence-corrected chi connectivity index (χ0v) is 10.1. The third kappa shape index (κ3) is 2.49. The fourth-order valence-electron chi connectivity index (χ4n) is 1.24. The van der Waals surface area contributed by atoms with Gasteiger partial charge in [0, 0.05) is 17.8 Å². The van der Waals surface area contributed by atoms with Crippen LogP contribution in [0.3, 0.4) is 0 Å². The Morgan fingerprint density at radius 1 is 1.44 bits per heavy atom. The van der Waals surface area contributed by atoms with Crippen LogP contribution in [0.2, 0.25) is 0 Å². The second-order valence-corrected chi connectivity index (χ2v) is 4.19. The maximum Gasteiger partial charge on any atom is 0.223 e. The van der Waals surface area contributed by atoms with E-state index in [1.165, 1.54) is 12.4 Å². The van der Waals surface area contributed by atoms with E-state index in [4.69, 9.17) is 4.74 Å². The summed E-state index contributed by atoms with van der Waals surface area (Å²) in [6.45, 7) is 1.89. The summed E-state index contributed by atoms with van der Waals surface area (Å²) < 4.78 is 6.85. The van der Waals surface area contributed by atoms with Gasteiger partial charge in [-0.15, -0.1) is 0 Å². The van der Waals surface area contributed by atoms with Gasteiger partial charge in [-0.05, 0) is 28.9 Å². The number of nitrogens with zero attached hydrogens (tertiary/aromatic N) is 2. The molecule has 0 saturated carbocycles. The predicted molar refractivity (Wildman–Crippen MR) is 62.2 cm³/mol. The van der Waals surface area contributed by atoms with E-state index in [1.54, 1.807) is 12.3 Å². The summed E-state index contributed by atoms with van der Waals surface area (Å²) in [6, 6.07) is 5.44. The van der Waals surface area contributed by atoms with Crippen molar-refractivity contribution < 1.29 is 9.47 Å². The molecule has 0 aliphatic rings. The summed E-state index contributed by atoms with van der Waals surface area (Å²) in [6.07, 6.45) is 4.39. The highest BCUT2D eigenvalue weighted by Gasteiger charge is 2.06. The van der Waals surface area contributed by atoms with Gasteiger partial charge in [0.1, 0.15) is 0 Å². The van der Waals surface area contributed by atoms with Crippen LogP contribution in [0.1, 0.15) is 5.56 Å². The lowest BCUT2D eigenvalue weighted by Gasteiger charge is -2.06. The van der Waals surface area contributed by atoms with Crippen molar-refractivity contribution >= 4 is 15.9 Å². The van der Waals surface area contributed by atoms with Gasteiger partial charge >= 0.3 is 0 Å². The van der Waals surface area contributed by atoms with Gasteiger partial charge in [-0.3, -0.25) is 0 Å². The SMILES string of the molecule is Cc1cccnc1Oc1cc(Br)c[n+]([O-])c1. The number of pyridine rings is 2. The molecule has 5 heteroatoms. The average Bonchev–Trinajstić information content (AvgIpc) is 2.20. The van der Waals surface area contributed by atoms with Gasteiger partial charge in [-0.25, -0.2) is 4.98 Å². The molecule has 82 valence electrons. The first-order valence-electron chi connectivity index (χ1n) is 4.64. The topological polar surface area (TPSA) is 49.1 Å². The molecule has 2 heterocycles. The minimum absolute atomic E-state index is 0.450. The molecule has 0 N–H and O–H groups in total. The summed E-state index contributed by atoms with van der Waals surface area (Å²) in [5.74, 6) is 0.951. The Bertz CT molecular complexity index is 497. The number of rotatable bonds is 2. The molecule has 4 nitrogen and oxygen atoms in total. The van der Waals surface area contributed by atoms with Gasteiger partial charge in [0.05, 0.1) is 4.47 Å². The van der Waals surface area contributed by atoms with E-state index in [0.717, 1.165) is 5.56 Å². The molecule has 0 fully saturated rings. The minimum Gasteiger partial charge on any atom is -0.619 e. The second kappa shape index (κ2) is 4.49. The molecule has 2 aromatic rings. The summed E-state index contributed by atoms with van der Waals surface area (Å²) in [5.41, 5.74) is 0.917. The van der Waals surface area contributed by atoms with Crippen LogP contribution in [0.4, 0.5) is 0 Å². The van der Waals surface area contributed by atoms with Crippen molar-refractivity contribution in [3.8, 4) is 11.6 Å². The first-order valence-corrected chi connectivity index (χ1v) is 5.43. The molecule has 2 aromatic heterocycles. The normalized spacial score (nSPS) is 10.1. The van der Waals surface area contributed by atoms with Crippen molar-refractivity contribution in [1.82, 2.24) is 4.98 Å². The number of hydrogen-bond acceptors (Lipinski definition) is 3. The summed E-state index contributed by atoms with van der Waals surface area (Å²) in [7, 11) is 0. The quantitative estimate of drug-likeness (QED) is 0.628. The van der Waals surface area contributed by atoms with Crippen LogP contribution < -0.4 is 9.47 Å². The second-order valence-electron chi connectivity index (χ2n) is 3.28. The molecule has 0 radical (unpaired) electrons. The molecule has 0 saturated heterocycles. The molecule has 0 amide bonds. The van der Waals surface area contributed by atoms with E-state index in [0.29, 0.717) is 20.8 Å². The van der Waals surface area contributed by atoms with Crippen molar-refractivity contribution in [2.45, 2.75) is 6.92 Å². The highest BCUT2D eigenvalue weighted by molar-refractivity contribution is 9.10. The van der Waals surface area contributed by atoms with E-state index in [9.17, 15) is 5.21 Å². The van der Waals surface area contributed by atoms with E-state index in [-0.39, 0.29) is 0 Å². The van der Waals surface area contributed by atoms with Crippen molar-refractivity contribution in [2.75, 3.05) is 0 Å². The molecular weight excluding hydrogens is 272 g/mol. The summed E-state index contributed by atoms with van der Waals surface area (Å²) in [5, 5.41) is 11.2. The van der Waals surface area contributed by atoms with Crippen LogP contribution in [0.15, 0.2) is 41.3 Å². The number of ether oxygens (including phenoxy) is 1. The van der Waals surface area contributed by atoms with Crippen molar-refractivity contribution in [3.63, 3.8) is 0 Å². The molecule has 0 spiro atoms. The smallest absolute Gasteiger partial charge is 0.223 e. The van der Waals surface area contributed by atoms with Crippen molar-refractivity contribution in [2.24, 2.45) is 0 Å². The Kier molecular flexibility index (Phi) is 3.05. The Balaban J connectivity index is 2.30. The lowest BCUT2D eigenvalue weighted by molar-refractivity contribution is -0.606. The number of aryl methyl sites for hydroxylation is 1. The predicted octanol–water partition coefficient (Wildman–Crippen LogP) is 2.58.